The zero-order chi connectivity index (χ0) is 26.2. The Morgan fingerprint density at radius 1 is 0.946 bits per heavy atom. The Balaban J connectivity index is 1.49. The number of amides is 2. The molecule has 2 aromatic carbocycles. The number of carbonyl (C=O) groups excluding carboxylic acids is 4. The largest absolute Gasteiger partial charge is 0.508 e. The van der Waals surface area contributed by atoms with E-state index in [1.54, 1.807) is 38.1 Å². The lowest BCUT2D eigenvalue weighted by Gasteiger charge is -2.42. The maximum absolute atomic E-state index is 13.9. The van der Waals surface area contributed by atoms with Crippen LogP contribution < -0.4 is 4.90 Å². The van der Waals surface area contributed by atoms with Crippen molar-refractivity contribution < 1.29 is 24.3 Å². The number of imide groups is 1. The number of carbonyl (C=O) groups is 4. The summed E-state index contributed by atoms with van der Waals surface area (Å²) in [6.07, 6.45) is 4.05. The molecule has 0 bridgehead atoms. The average molecular weight is 605 g/mol. The highest BCUT2D eigenvalue weighted by atomic mass is 127. The lowest BCUT2D eigenvalue weighted by Crippen LogP contribution is -2.39. The third-order valence-electron chi connectivity index (χ3n) is 8.20. The first-order valence-electron chi connectivity index (χ1n) is 12.3. The van der Waals surface area contributed by atoms with E-state index in [1.165, 1.54) is 11.0 Å². The minimum Gasteiger partial charge on any atom is -0.508 e. The molecule has 0 radical (unpaired) electrons. The van der Waals surface area contributed by atoms with Crippen molar-refractivity contribution in [3.05, 3.63) is 91.6 Å². The number of phenols is 1. The van der Waals surface area contributed by atoms with Crippen LogP contribution in [0.4, 0.5) is 5.69 Å². The first-order chi connectivity index (χ1) is 17.7. The topological polar surface area (TPSA) is 91.8 Å². The number of aryl methyl sites for hydroxylation is 1. The molecule has 37 heavy (non-hydrogen) atoms. The van der Waals surface area contributed by atoms with E-state index in [4.69, 9.17) is 0 Å². The highest BCUT2D eigenvalue weighted by Gasteiger charge is 2.56. The van der Waals surface area contributed by atoms with Crippen LogP contribution >= 0.6 is 22.6 Å². The van der Waals surface area contributed by atoms with Gasteiger partial charge in [-0.3, -0.25) is 24.1 Å². The number of hydrogen-bond acceptors (Lipinski definition) is 5. The zero-order valence-corrected chi connectivity index (χ0v) is 22.5. The van der Waals surface area contributed by atoms with Gasteiger partial charge in [0.1, 0.15) is 5.75 Å². The third kappa shape index (κ3) is 3.58. The molecule has 1 fully saturated rings. The molecule has 1 saturated heterocycles. The van der Waals surface area contributed by atoms with Gasteiger partial charge in [0.2, 0.25) is 11.8 Å². The maximum Gasteiger partial charge on any atom is 0.238 e. The number of rotatable bonds is 2. The van der Waals surface area contributed by atoms with Crippen molar-refractivity contribution in [3.63, 3.8) is 0 Å². The summed E-state index contributed by atoms with van der Waals surface area (Å²) in [5.41, 5.74) is 4.20. The van der Waals surface area contributed by atoms with Gasteiger partial charge in [0.15, 0.2) is 11.6 Å². The molecule has 1 heterocycles. The fourth-order valence-electron chi connectivity index (χ4n) is 6.44. The second kappa shape index (κ2) is 8.62. The Morgan fingerprint density at radius 2 is 1.68 bits per heavy atom. The van der Waals surface area contributed by atoms with Crippen molar-refractivity contribution in [2.45, 2.75) is 32.6 Å². The highest BCUT2D eigenvalue weighted by Crippen LogP contribution is 2.55. The number of hydrogen-bond donors (Lipinski definition) is 1. The van der Waals surface area contributed by atoms with E-state index in [0.717, 1.165) is 14.7 Å². The van der Waals surface area contributed by atoms with Crippen molar-refractivity contribution >= 4 is 51.7 Å². The third-order valence-corrected chi connectivity index (χ3v) is 8.92. The molecule has 6 nitrogen and oxygen atoms in total. The van der Waals surface area contributed by atoms with Gasteiger partial charge in [0.25, 0.3) is 0 Å². The van der Waals surface area contributed by atoms with Crippen molar-refractivity contribution in [1.82, 2.24) is 0 Å². The van der Waals surface area contributed by atoms with Crippen LogP contribution in [0.2, 0.25) is 0 Å². The Morgan fingerprint density at radius 3 is 2.38 bits per heavy atom. The summed E-state index contributed by atoms with van der Waals surface area (Å²) in [4.78, 5) is 55.3. The molecular weight excluding hydrogens is 581 g/mol. The normalized spacial score (nSPS) is 27.1. The van der Waals surface area contributed by atoms with Crippen LogP contribution in [0.25, 0.3) is 0 Å². The van der Waals surface area contributed by atoms with Crippen molar-refractivity contribution in [1.29, 1.82) is 0 Å². The summed E-state index contributed by atoms with van der Waals surface area (Å²) in [6, 6.07) is 12.5. The van der Waals surface area contributed by atoms with E-state index >= 15 is 0 Å². The summed E-state index contributed by atoms with van der Waals surface area (Å²) >= 11 is 2.18. The van der Waals surface area contributed by atoms with Crippen LogP contribution in [0.5, 0.6) is 5.75 Å². The van der Waals surface area contributed by atoms with Crippen LogP contribution in [-0.2, 0) is 19.2 Å². The number of halogens is 1. The average Bonchev–Trinajstić information content (AvgIpc) is 3.13. The number of benzene rings is 2. The molecule has 1 aliphatic heterocycles. The van der Waals surface area contributed by atoms with Gasteiger partial charge in [-0.05, 0) is 103 Å². The number of anilines is 1. The van der Waals surface area contributed by atoms with Gasteiger partial charge in [-0.15, -0.1) is 0 Å². The quantitative estimate of drug-likeness (QED) is 0.227. The van der Waals surface area contributed by atoms with Crippen molar-refractivity contribution in [2.75, 3.05) is 4.90 Å². The Kier molecular flexibility index (Phi) is 5.60. The predicted molar refractivity (Wildman–Crippen MR) is 146 cm³/mol. The lowest BCUT2D eigenvalue weighted by atomic mass is 9.59. The molecule has 0 saturated carbocycles. The molecule has 0 aromatic heterocycles. The van der Waals surface area contributed by atoms with Gasteiger partial charge in [0, 0.05) is 26.2 Å². The van der Waals surface area contributed by atoms with Gasteiger partial charge < -0.3 is 5.11 Å². The van der Waals surface area contributed by atoms with Gasteiger partial charge >= 0.3 is 0 Å². The van der Waals surface area contributed by atoms with E-state index in [9.17, 15) is 24.3 Å². The fraction of sp³-hybridized carbons (Fsp3) is 0.267. The molecule has 2 aromatic rings. The molecule has 6 rings (SSSR count). The van der Waals surface area contributed by atoms with Crippen LogP contribution in [0.1, 0.15) is 36.8 Å². The van der Waals surface area contributed by atoms with Crippen LogP contribution in [0, 0.1) is 28.2 Å². The maximum atomic E-state index is 13.9. The van der Waals surface area contributed by atoms with Gasteiger partial charge in [0.05, 0.1) is 17.5 Å². The number of fused-ring (bicyclic) bond motifs is 3. The fourth-order valence-corrected chi connectivity index (χ4v) is 6.80. The van der Waals surface area contributed by atoms with E-state index < -0.39 is 17.8 Å². The lowest BCUT2D eigenvalue weighted by molar-refractivity contribution is -0.123. The van der Waals surface area contributed by atoms with Crippen molar-refractivity contribution in [2.24, 2.45) is 17.8 Å². The molecule has 0 unspecified atom stereocenters. The van der Waals surface area contributed by atoms with E-state index in [-0.39, 0.29) is 41.5 Å². The summed E-state index contributed by atoms with van der Waals surface area (Å²) in [5.74, 6) is -2.68. The standard InChI is InChI=1S/C30H24INO5/c1-14-11-16(3-10-23(14)33)25-19-8-9-20-26(21(19)13-22-24(34)12-15(2)28(35)27(22)25)30(37)32(29(20)36)18-6-4-17(31)5-7-18/h3-8,10-12,20-21,25-26,33H,9,13H2,1-2H3/t20-,21+,25-,26-/m0/s1. The van der Waals surface area contributed by atoms with Crippen LogP contribution in [0.15, 0.2) is 76.9 Å². The number of allylic oxidation sites excluding steroid dienone is 6. The molecule has 4 atom stereocenters. The summed E-state index contributed by atoms with van der Waals surface area (Å²) < 4.78 is 1.00. The van der Waals surface area contributed by atoms with Crippen LogP contribution in [-0.4, -0.2) is 28.5 Å². The van der Waals surface area contributed by atoms with Gasteiger partial charge in [-0.25, -0.2) is 0 Å². The summed E-state index contributed by atoms with van der Waals surface area (Å²) in [6.45, 7) is 3.44. The molecule has 0 spiro atoms. The Hall–Kier alpha value is -3.33. The molecule has 3 aliphatic carbocycles. The first-order valence-corrected chi connectivity index (χ1v) is 13.4. The van der Waals surface area contributed by atoms with Crippen molar-refractivity contribution in [3.8, 4) is 5.75 Å². The number of ketones is 2. The first kappa shape index (κ1) is 24.0. The number of Topliss-reactive ketones (excluding diaryl/α,β-unsaturated/α-hetero) is 1. The number of nitrogens with zero attached hydrogens (tertiary/aromatic N) is 1. The summed E-state index contributed by atoms with van der Waals surface area (Å²) in [5, 5.41) is 10.1. The van der Waals surface area contributed by atoms with Gasteiger partial charge in [-0.2, -0.15) is 0 Å². The Labute approximate surface area is 227 Å². The SMILES string of the molecule is CC1=CC(=O)C2=C(C1=O)[C@@H](c1ccc(O)c(C)c1)C1=CC[C@@H]3C(=O)N(c4ccc(I)cc4)C(=O)[C@@H]3[C@@H]1C2. The monoisotopic (exact) mass is 605 g/mol. The minimum absolute atomic E-state index is 0.148. The molecular formula is C30H24INO5. The van der Waals surface area contributed by atoms with E-state index in [2.05, 4.69) is 22.6 Å². The van der Waals surface area contributed by atoms with Crippen LogP contribution in [0.3, 0.4) is 0 Å². The number of phenolic OH excluding ortho intramolecular Hbond substituents is 1. The minimum atomic E-state index is -0.601. The second-order valence-corrected chi connectivity index (χ2v) is 11.5. The van der Waals surface area contributed by atoms with E-state index in [1.807, 2.05) is 24.3 Å². The molecule has 7 heteroatoms. The molecule has 1 N–H and O–H groups in total. The Bertz CT molecular complexity index is 1510. The summed E-state index contributed by atoms with van der Waals surface area (Å²) in [7, 11) is 0. The highest BCUT2D eigenvalue weighted by molar-refractivity contribution is 14.1. The second-order valence-electron chi connectivity index (χ2n) is 10.3. The predicted octanol–water partition coefficient (Wildman–Crippen LogP) is 4.94. The zero-order valence-electron chi connectivity index (χ0n) is 20.3. The molecule has 2 amide bonds. The van der Waals surface area contributed by atoms with Gasteiger partial charge in [-0.1, -0.05) is 23.8 Å². The van der Waals surface area contributed by atoms with E-state index in [0.29, 0.717) is 34.4 Å². The number of aromatic hydroxyl groups is 1. The molecule has 186 valence electrons. The smallest absolute Gasteiger partial charge is 0.238 e. The molecule has 4 aliphatic rings.